The first-order valence-corrected chi connectivity index (χ1v) is 13.9. The summed E-state index contributed by atoms with van der Waals surface area (Å²) in [6, 6.07) is 20.2. The van der Waals surface area contributed by atoms with E-state index in [0.717, 1.165) is 36.1 Å². The molecule has 0 spiro atoms. The van der Waals surface area contributed by atoms with Gasteiger partial charge in [0.2, 0.25) is 0 Å². The largest absolute Gasteiger partial charge is 0.293 e. The second-order valence-corrected chi connectivity index (χ2v) is 11.9. The average Bonchev–Trinajstić information content (AvgIpc) is 3.41. The van der Waals surface area contributed by atoms with Gasteiger partial charge in [0.25, 0.3) is 5.91 Å². The van der Waals surface area contributed by atoms with Gasteiger partial charge in [-0.05, 0) is 55.5 Å². The van der Waals surface area contributed by atoms with Gasteiger partial charge in [-0.3, -0.25) is 9.69 Å². The van der Waals surface area contributed by atoms with E-state index in [4.69, 9.17) is 5.10 Å². The Labute approximate surface area is 201 Å². The first kappa shape index (κ1) is 23.0. The summed E-state index contributed by atoms with van der Waals surface area (Å²) in [5.41, 5.74) is 4.45. The Morgan fingerprint density at radius 2 is 1.79 bits per heavy atom. The van der Waals surface area contributed by atoms with Crippen LogP contribution in [0.1, 0.15) is 42.9 Å². The van der Waals surface area contributed by atoms with E-state index in [0.29, 0.717) is 6.42 Å². The molecule has 2 aromatic rings. The molecule has 0 N–H and O–H groups in total. The smallest absolute Gasteiger partial charge is 0.257 e. The quantitative estimate of drug-likeness (QED) is 0.654. The molecule has 1 saturated heterocycles. The fourth-order valence-electron chi connectivity index (χ4n) is 5.48. The van der Waals surface area contributed by atoms with Gasteiger partial charge in [-0.15, -0.1) is 0 Å². The Hall–Kier alpha value is -2.77. The van der Waals surface area contributed by atoms with E-state index in [2.05, 4.69) is 30.3 Å². The zero-order valence-corrected chi connectivity index (χ0v) is 20.3. The second kappa shape index (κ2) is 9.47. The van der Waals surface area contributed by atoms with Crippen molar-refractivity contribution in [3.63, 3.8) is 0 Å². The number of allylic oxidation sites excluding steroid dienone is 1. The van der Waals surface area contributed by atoms with Gasteiger partial charge in [0.15, 0.2) is 9.84 Å². The maximum Gasteiger partial charge on any atom is 0.257 e. The van der Waals surface area contributed by atoms with Gasteiger partial charge in [0, 0.05) is 12.0 Å². The lowest BCUT2D eigenvalue weighted by Gasteiger charge is -2.31. The highest BCUT2D eigenvalue weighted by molar-refractivity contribution is 7.91. The number of hydrogen-bond acceptors (Lipinski definition) is 5. The molecule has 0 bridgehead atoms. The van der Waals surface area contributed by atoms with Crippen LogP contribution in [0.5, 0.6) is 0 Å². The summed E-state index contributed by atoms with van der Waals surface area (Å²) < 4.78 is 23.9. The summed E-state index contributed by atoms with van der Waals surface area (Å²) in [5.74, 6) is 0.402. The van der Waals surface area contributed by atoms with Crippen molar-refractivity contribution in [2.24, 2.45) is 11.0 Å². The summed E-state index contributed by atoms with van der Waals surface area (Å²) in [4.78, 5) is 15.5. The summed E-state index contributed by atoms with van der Waals surface area (Å²) in [6.07, 6.45) is 5.79. The third-order valence-electron chi connectivity index (χ3n) is 7.26. The molecule has 1 saturated carbocycles. The molecule has 6 nitrogen and oxygen atoms in total. The van der Waals surface area contributed by atoms with Crippen molar-refractivity contribution >= 4 is 27.5 Å². The predicted octanol–water partition coefficient (Wildman–Crippen LogP) is 3.93. The van der Waals surface area contributed by atoms with Gasteiger partial charge in [-0.2, -0.15) is 5.10 Å². The van der Waals surface area contributed by atoms with E-state index in [-0.39, 0.29) is 42.0 Å². The Balaban J connectivity index is 1.45. The summed E-state index contributed by atoms with van der Waals surface area (Å²) in [5, 5.41) is 6.62. The molecule has 5 rings (SSSR count). The molecular weight excluding hydrogens is 446 g/mol. The molecule has 2 fully saturated rings. The standard InChI is InChI=1S/C27H31N3O3S/c1-29(23-15-16-34(32,33)19-23)18-25(31)30-27(21-11-6-3-7-12-21)24-14-8-13-22(26(24)28-30)17-20-9-4-2-5-10-20/h2-7,9-12,17,23-24,27H,8,13-16,18-19H2,1H3/b22-17-/t23-,24-,27-/m0/s1. The molecular formula is C27H31N3O3S. The number of rotatable bonds is 5. The molecule has 2 aliphatic heterocycles. The SMILES string of the molecule is CN(CC(=O)N1N=C2/C(=C\c3ccccc3)CCC[C@@H]2[C@@H]1c1ccccc1)[C@H]1CCS(=O)(=O)C1. The monoisotopic (exact) mass is 477 g/mol. The van der Waals surface area contributed by atoms with Crippen molar-refractivity contribution in [1.29, 1.82) is 0 Å². The van der Waals surface area contributed by atoms with Crippen molar-refractivity contribution < 1.29 is 13.2 Å². The van der Waals surface area contributed by atoms with Gasteiger partial charge in [-0.25, -0.2) is 13.4 Å². The van der Waals surface area contributed by atoms with Crippen LogP contribution >= 0.6 is 0 Å². The van der Waals surface area contributed by atoms with E-state index < -0.39 is 9.84 Å². The van der Waals surface area contributed by atoms with Gasteiger partial charge in [0.05, 0.1) is 29.8 Å². The topological polar surface area (TPSA) is 70.1 Å². The first-order valence-electron chi connectivity index (χ1n) is 12.0. The number of amides is 1. The molecule has 2 aromatic carbocycles. The fraction of sp³-hybridized carbons (Fsp3) is 0.407. The lowest BCUT2D eigenvalue weighted by molar-refractivity contribution is -0.135. The minimum atomic E-state index is -3.00. The van der Waals surface area contributed by atoms with Gasteiger partial charge in [-0.1, -0.05) is 60.7 Å². The third-order valence-corrected chi connectivity index (χ3v) is 9.01. The number of fused-ring (bicyclic) bond motifs is 1. The van der Waals surface area contributed by atoms with E-state index in [1.165, 1.54) is 5.57 Å². The molecule has 3 aliphatic rings. The van der Waals surface area contributed by atoms with Gasteiger partial charge >= 0.3 is 0 Å². The van der Waals surface area contributed by atoms with Crippen LogP contribution < -0.4 is 0 Å². The highest BCUT2D eigenvalue weighted by Crippen LogP contribution is 2.44. The number of nitrogens with zero attached hydrogens (tertiary/aromatic N) is 3. The van der Waals surface area contributed by atoms with Crippen molar-refractivity contribution in [3.8, 4) is 0 Å². The van der Waals surface area contributed by atoms with Crippen molar-refractivity contribution in [2.75, 3.05) is 25.1 Å². The van der Waals surface area contributed by atoms with E-state index in [9.17, 15) is 13.2 Å². The number of likely N-dealkylation sites (N-methyl/N-ethyl adjacent to an activating group) is 1. The van der Waals surface area contributed by atoms with Crippen LogP contribution in [0.2, 0.25) is 0 Å². The van der Waals surface area contributed by atoms with Crippen LogP contribution in [0.3, 0.4) is 0 Å². The first-order chi connectivity index (χ1) is 16.4. The summed E-state index contributed by atoms with van der Waals surface area (Å²) >= 11 is 0. The molecule has 178 valence electrons. The molecule has 2 heterocycles. The van der Waals surface area contributed by atoms with Crippen LogP contribution in [0.25, 0.3) is 6.08 Å². The maximum atomic E-state index is 13.6. The normalized spacial score (nSPS) is 27.1. The molecule has 0 unspecified atom stereocenters. The fourth-order valence-corrected chi connectivity index (χ4v) is 7.28. The number of carbonyl (C=O) groups excluding carboxylic acids is 1. The van der Waals surface area contributed by atoms with E-state index in [1.54, 1.807) is 5.01 Å². The Kier molecular flexibility index (Phi) is 6.40. The van der Waals surface area contributed by atoms with Crippen molar-refractivity contribution in [3.05, 3.63) is 77.4 Å². The van der Waals surface area contributed by atoms with E-state index >= 15 is 0 Å². The summed E-state index contributed by atoms with van der Waals surface area (Å²) in [6.45, 7) is 0.157. The number of hydrazone groups is 1. The molecule has 7 heteroatoms. The number of hydrogen-bond donors (Lipinski definition) is 0. The van der Waals surface area contributed by atoms with Crippen LogP contribution in [0.15, 0.2) is 71.3 Å². The second-order valence-electron chi connectivity index (χ2n) is 9.63. The average molecular weight is 478 g/mol. The predicted molar refractivity (Wildman–Crippen MR) is 135 cm³/mol. The van der Waals surface area contributed by atoms with Crippen LogP contribution in [0, 0.1) is 5.92 Å². The lowest BCUT2D eigenvalue weighted by Crippen LogP contribution is -2.42. The van der Waals surface area contributed by atoms with Crippen molar-refractivity contribution in [2.45, 2.75) is 37.8 Å². The molecule has 1 aliphatic carbocycles. The van der Waals surface area contributed by atoms with E-state index in [1.807, 2.05) is 48.3 Å². The Morgan fingerprint density at radius 1 is 1.09 bits per heavy atom. The van der Waals surface area contributed by atoms with Gasteiger partial charge in [0.1, 0.15) is 0 Å². The number of carbonyl (C=O) groups is 1. The highest BCUT2D eigenvalue weighted by Gasteiger charge is 2.44. The Morgan fingerprint density at radius 3 is 2.47 bits per heavy atom. The molecule has 34 heavy (non-hydrogen) atoms. The maximum absolute atomic E-state index is 13.6. The molecule has 0 radical (unpaired) electrons. The number of benzene rings is 2. The minimum absolute atomic E-state index is 0.0818. The van der Waals surface area contributed by atoms with Gasteiger partial charge < -0.3 is 0 Å². The van der Waals surface area contributed by atoms with Crippen LogP contribution in [-0.2, 0) is 14.6 Å². The third kappa shape index (κ3) is 4.72. The minimum Gasteiger partial charge on any atom is -0.293 e. The van der Waals surface area contributed by atoms with Crippen LogP contribution in [-0.4, -0.2) is 61.1 Å². The zero-order valence-electron chi connectivity index (χ0n) is 19.5. The Bertz CT molecular complexity index is 1210. The molecule has 3 atom stereocenters. The molecule has 1 amide bonds. The summed E-state index contributed by atoms with van der Waals surface area (Å²) in [7, 11) is -1.16. The van der Waals surface area contributed by atoms with Crippen LogP contribution in [0.4, 0.5) is 0 Å². The number of sulfone groups is 1. The highest BCUT2D eigenvalue weighted by atomic mass is 32.2. The lowest BCUT2D eigenvalue weighted by atomic mass is 9.77. The molecule has 0 aromatic heterocycles. The van der Waals surface area contributed by atoms with Crippen molar-refractivity contribution in [1.82, 2.24) is 9.91 Å². The zero-order chi connectivity index (χ0) is 23.7.